The highest BCUT2D eigenvalue weighted by molar-refractivity contribution is 7.86. The van der Waals surface area contributed by atoms with Crippen molar-refractivity contribution in [1.82, 2.24) is 5.48 Å². The number of urea groups is 1. The predicted molar refractivity (Wildman–Crippen MR) is 76.6 cm³/mol. The molecule has 9 heteroatoms. The number of hydrogen-bond acceptors (Lipinski definition) is 5. The van der Waals surface area contributed by atoms with Crippen LogP contribution in [-0.2, 0) is 14.8 Å². The Kier molecular flexibility index (Phi) is 5.64. The SMILES string of the molecule is Cc1ccc(S(=O)(=O)[N+](C)(CCCC(=O)O)C(=O)NO)cc1. The van der Waals surface area contributed by atoms with E-state index in [2.05, 4.69) is 0 Å². The second-order valence-electron chi connectivity index (χ2n) is 5.03. The number of sulfonamides is 1. The number of hydrogen-bond donors (Lipinski definition) is 3. The number of hydroxylamine groups is 1. The second-order valence-corrected chi connectivity index (χ2v) is 7.25. The molecule has 22 heavy (non-hydrogen) atoms. The minimum absolute atomic E-state index is 0.0374. The summed E-state index contributed by atoms with van der Waals surface area (Å²) in [5.74, 6) is -1.09. The van der Waals surface area contributed by atoms with Crippen LogP contribution in [0.15, 0.2) is 29.2 Å². The first-order valence-electron chi connectivity index (χ1n) is 6.49. The van der Waals surface area contributed by atoms with Crippen molar-refractivity contribution >= 4 is 22.0 Å². The molecule has 0 fully saturated rings. The summed E-state index contributed by atoms with van der Waals surface area (Å²) in [5.41, 5.74) is 2.19. The van der Waals surface area contributed by atoms with Crippen molar-refractivity contribution in [2.75, 3.05) is 13.6 Å². The van der Waals surface area contributed by atoms with E-state index in [9.17, 15) is 18.0 Å². The lowest BCUT2D eigenvalue weighted by Crippen LogP contribution is -2.57. The summed E-state index contributed by atoms with van der Waals surface area (Å²) in [7, 11) is -3.04. The molecule has 0 saturated heterocycles. The topological polar surface area (TPSA) is 121 Å². The van der Waals surface area contributed by atoms with Crippen LogP contribution >= 0.6 is 0 Å². The maximum Gasteiger partial charge on any atom is 0.455 e. The molecule has 8 nitrogen and oxygen atoms in total. The van der Waals surface area contributed by atoms with E-state index in [0.717, 1.165) is 12.6 Å². The Bertz CT molecular complexity index is 656. The highest BCUT2D eigenvalue weighted by atomic mass is 32.2. The van der Waals surface area contributed by atoms with E-state index in [0.29, 0.717) is 0 Å². The molecule has 3 N–H and O–H groups in total. The summed E-state index contributed by atoms with van der Waals surface area (Å²) in [6.07, 6.45) is -0.319. The van der Waals surface area contributed by atoms with Crippen molar-refractivity contribution in [3.8, 4) is 0 Å². The van der Waals surface area contributed by atoms with Gasteiger partial charge < -0.3 is 5.11 Å². The Labute approximate surface area is 128 Å². The average Bonchev–Trinajstić information content (AvgIpc) is 2.46. The van der Waals surface area contributed by atoms with Crippen LogP contribution in [0.5, 0.6) is 0 Å². The number of nitrogens with zero attached hydrogens (tertiary/aromatic N) is 1. The summed E-state index contributed by atoms with van der Waals surface area (Å²) >= 11 is 0. The maximum absolute atomic E-state index is 12.7. The van der Waals surface area contributed by atoms with E-state index in [4.69, 9.17) is 10.3 Å². The van der Waals surface area contributed by atoms with Crippen molar-refractivity contribution in [3.05, 3.63) is 29.8 Å². The zero-order chi connectivity index (χ0) is 17.0. The fraction of sp³-hybridized carbons (Fsp3) is 0.385. The molecule has 1 aromatic carbocycles. The van der Waals surface area contributed by atoms with Crippen molar-refractivity contribution in [2.45, 2.75) is 24.7 Å². The fourth-order valence-electron chi connectivity index (χ4n) is 1.91. The summed E-state index contributed by atoms with van der Waals surface area (Å²) in [6, 6.07) is 4.76. The quantitative estimate of drug-likeness (QED) is 0.408. The third-order valence-corrected chi connectivity index (χ3v) is 5.63. The Morgan fingerprint density at radius 3 is 2.23 bits per heavy atom. The molecule has 0 aliphatic rings. The molecule has 2 amide bonds. The molecule has 0 radical (unpaired) electrons. The molecule has 0 heterocycles. The largest absolute Gasteiger partial charge is 0.481 e. The van der Waals surface area contributed by atoms with Gasteiger partial charge in [-0.25, -0.2) is 4.79 Å². The van der Waals surface area contributed by atoms with Gasteiger partial charge in [0.2, 0.25) is 0 Å². The van der Waals surface area contributed by atoms with Crippen LogP contribution in [0.2, 0.25) is 0 Å². The molecule has 1 rings (SSSR count). The Hall–Kier alpha value is -1.97. The molecule has 0 bridgehead atoms. The van der Waals surface area contributed by atoms with Crippen LogP contribution in [0.25, 0.3) is 0 Å². The van der Waals surface area contributed by atoms with E-state index in [-0.39, 0.29) is 24.3 Å². The number of aliphatic carboxylic acids is 1. The van der Waals surface area contributed by atoms with Gasteiger partial charge >= 0.3 is 22.0 Å². The van der Waals surface area contributed by atoms with Crippen LogP contribution in [0.1, 0.15) is 18.4 Å². The first-order valence-corrected chi connectivity index (χ1v) is 7.93. The normalized spacial score (nSPS) is 14.1. The number of rotatable bonds is 6. The summed E-state index contributed by atoms with van der Waals surface area (Å²) in [6.45, 7) is 1.51. The summed E-state index contributed by atoms with van der Waals surface area (Å²) < 4.78 is 24.2. The molecule has 0 spiro atoms. The monoisotopic (exact) mass is 331 g/mol. The van der Waals surface area contributed by atoms with E-state index >= 15 is 0 Å². The van der Waals surface area contributed by atoms with Crippen LogP contribution < -0.4 is 5.48 Å². The van der Waals surface area contributed by atoms with Crippen LogP contribution in [0, 0.1) is 6.92 Å². The molecule has 0 saturated carbocycles. The second kappa shape index (κ2) is 6.86. The Morgan fingerprint density at radius 2 is 1.77 bits per heavy atom. The Morgan fingerprint density at radius 1 is 1.23 bits per heavy atom. The molecular formula is C13H19N2O6S+. The number of aryl methyl sites for hydroxylation is 1. The van der Waals surface area contributed by atoms with Gasteiger partial charge in [0.1, 0.15) is 11.4 Å². The lowest BCUT2D eigenvalue weighted by molar-refractivity contribution is -0.700. The van der Waals surface area contributed by atoms with E-state index in [1.165, 1.54) is 17.6 Å². The molecule has 122 valence electrons. The predicted octanol–water partition coefficient (Wildman–Crippen LogP) is 1.09. The number of quaternary nitrogens is 1. The van der Waals surface area contributed by atoms with Crippen LogP contribution in [0.3, 0.4) is 0 Å². The van der Waals surface area contributed by atoms with Crippen molar-refractivity contribution in [2.24, 2.45) is 0 Å². The number of carboxylic acids is 1. The lowest BCUT2D eigenvalue weighted by Gasteiger charge is -2.28. The van der Waals surface area contributed by atoms with Gasteiger partial charge in [-0.05, 0) is 19.1 Å². The van der Waals surface area contributed by atoms with Gasteiger partial charge in [0.15, 0.2) is 0 Å². The average molecular weight is 331 g/mol. The zero-order valence-corrected chi connectivity index (χ0v) is 13.1. The van der Waals surface area contributed by atoms with Crippen molar-refractivity contribution in [3.63, 3.8) is 0 Å². The first-order chi connectivity index (χ1) is 10.1. The standard InChI is InChI=1S/C13H18N2O6S/c1-10-5-7-11(8-6-10)22(20,21)15(2,13(18)14-19)9-3-4-12(16)17/h5-8H,3-4,9H2,1-2H3,(H2-,14,16,17,18,19)/p+1. The summed E-state index contributed by atoms with van der Waals surface area (Å²) in [4.78, 5) is 22.4. The van der Waals surface area contributed by atoms with Gasteiger partial charge in [-0.2, -0.15) is 13.9 Å². The van der Waals surface area contributed by atoms with Crippen molar-refractivity contribution in [1.29, 1.82) is 0 Å². The van der Waals surface area contributed by atoms with Gasteiger partial charge in [-0.3, -0.25) is 10.0 Å². The molecule has 0 aromatic heterocycles. The third kappa shape index (κ3) is 3.62. The number of carbonyl (C=O) groups is 2. The van der Waals surface area contributed by atoms with Crippen LogP contribution in [0.4, 0.5) is 4.79 Å². The van der Waals surface area contributed by atoms with E-state index < -0.39 is 25.9 Å². The molecular weight excluding hydrogens is 312 g/mol. The fourth-order valence-corrected chi connectivity index (χ4v) is 3.49. The molecule has 0 aliphatic carbocycles. The minimum atomic E-state index is -4.15. The summed E-state index contributed by atoms with van der Waals surface area (Å²) in [5, 5.41) is 17.5. The lowest BCUT2D eigenvalue weighted by atomic mass is 10.2. The van der Waals surface area contributed by atoms with Crippen LogP contribution in [-0.4, -0.2) is 48.2 Å². The first kappa shape index (κ1) is 18.1. The number of nitrogens with one attached hydrogen (secondary N) is 1. The van der Waals surface area contributed by atoms with Gasteiger partial charge in [0, 0.05) is 6.42 Å². The highest BCUT2D eigenvalue weighted by Crippen LogP contribution is 2.24. The zero-order valence-electron chi connectivity index (χ0n) is 12.3. The molecule has 1 aromatic rings. The maximum atomic E-state index is 12.7. The Balaban J connectivity index is 3.22. The number of carboxylic acid groups (broad SMARTS) is 1. The number of benzene rings is 1. The van der Waals surface area contributed by atoms with Gasteiger partial charge in [0.05, 0.1) is 13.5 Å². The van der Waals surface area contributed by atoms with Gasteiger partial charge in [0.25, 0.3) is 0 Å². The van der Waals surface area contributed by atoms with E-state index in [1.54, 1.807) is 19.1 Å². The third-order valence-electron chi connectivity index (χ3n) is 3.35. The molecule has 0 aliphatic heterocycles. The minimum Gasteiger partial charge on any atom is -0.481 e. The number of carbonyl (C=O) groups excluding carboxylic acids is 1. The van der Waals surface area contributed by atoms with Gasteiger partial charge in [-0.1, -0.05) is 17.7 Å². The smallest absolute Gasteiger partial charge is 0.455 e. The van der Waals surface area contributed by atoms with Crippen molar-refractivity contribution < 1.29 is 32.2 Å². The molecule has 1 unspecified atom stereocenters. The number of amides is 2. The van der Waals surface area contributed by atoms with Gasteiger partial charge in [-0.15, -0.1) is 3.89 Å². The van der Waals surface area contributed by atoms with E-state index in [1.807, 2.05) is 0 Å². The highest BCUT2D eigenvalue weighted by Gasteiger charge is 2.46. The molecule has 1 atom stereocenters.